The lowest BCUT2D eigenvalue weighted by Crippen LogP contribution is -2.28. The van der Waals surface area contributed by atoms with Crippen molar-refractivity contribution in [2.45, 2.75) is 43.9 Å². The van der Waals surface area contributed by atoms with Gasteiger partial charge in [0.1, 0.15) is 5.52 Å². The number of benzene rings is 2. The molecule has 1 unspecified atom stereocenters. The molecular formula is C26H30N4O4S. The van der Waals surface area contributed by atoms with Gasteiger partial charge in [-0.2, -0.15) is 0 Å². The van der Waals surface area contributed by atoms with E-state index in [1.165, 1.54) is 0 Å². The molecule has 0 saturated heterocycles. The number of sulfone groups is 1. The first kappa shape index (κ1) is 24.6. The van der Waals surface area contributed by atoms with Gasteiger partial charge in [-0.15, -0.1) is 0 Å². The summed E-state index contributed by atoms with van der Waals surface area (Å²) in [5, 5.41) is 9.15. The SMILES string of the molecule is C.CC(C)S(=O)(=O)c1ccc(-c2cnc3[nH]cc(N4C(=O)c5ccccc5C4CCO)c3n2)cc1.[HH]. The van der Waals surface area contributed by atoms with E-state index in [0.29, 0.717) is 40.1 Å². The fourth-order valence-electron chi connectivity index (χ4n) is 4.37. The molecule has 2 N–H and O–H groups in total. The lowest BCUT2D eigenvalue weighted by Gasteiger charge is -2.24. The van der Waals surface area contributed by atoms with Crippen LogP contribution in [-0.4, -0.2) is 46.2 Å². The van der Waals surface area contributed by atoms with Crippen molar-refractivity contribution in [3.8, 4) is 11.3 Å². The van der Waals surface area contributed by atoms with E-state index >= 15 is 0 Å². The number of carbonyl (C=O) groups excluding carboxylic acids is 1. The molecule has 9 heteroatoms. The van der Waals surface area contributed by atoms with E-state index in [9.17, 15) is 18.3 Å². The number of carbonyl (C=O) groups is 1. The largest absolute Gasteiger partial charge is 0.396 e. The number of aromatic amines is 1. The monoisotopic (exact) mass is 494 g/mol. The van der Waals surface area contributed by atoms with Gasteiger partial charge in [0.2, 0.25) is 0 Å². The number of H-pyrrole nitrogens is 1. The van der Waals surface area contributed by atoms with Crippen molar-refractivity contribution in [2.75, 3.05) is 11.5 Å². The molecule has 0 saturated carbocycles. The predicted molar refractivity (Wildman–Crippen MR) is 138 cm³/mol. The first-order valence-electron chi connectivity index (χ1n) is 11.0. The first-order chi connectivity index (χ1) is 16.3. The Labute approximate surface area is 206 Å². The molecule has 1 atom stereocenters. The number of aliphatic hydroxyl groups is 1. The second-order valence-electron chi connectivity index (χ2n) is 8.53. The maximum absolute atomic E-state index is 13.3. The predicted octanol–water partition coefficient (Wildman–Crippen LogP) is 4.77. The zero-order chi connectivity index (χ0) is 24.0. The number of amides is 1. The van der Waals surface area contributed by atoms with Crippen LogP contribution in [0.4, 0.5) is 5.69 Å². The van der Waals surface area contributed by atoms with Crippen LogP contribution in [0, 0.1) is 0 Å². The molecule has 3 heterocycles. The fourth-order valence-corrected chi connectivity index (χ4v) is 5.43. The topological polar surface area (TPSA) is 116 Å². The van der Waals surface area contributed by atoms with Gasteiger partial charge in [-0.05, 0) is 44.0 Å². The lowest BCUT2D eigenvalue weighted by molar-refractivity contribution is 0.0989. The van der Waals surface area contributed by atoms with Gasteiger partial charge < -0.3 is 10.1 Å². The second-order valence-corrected chi connectivity index (χ2v) is 11.0. The van der Waals surface area contributed by atoms with Crippen LogP contribution in [0.5, 0.6) is 0 Å². The Morgan fingerprint density at radius 1 is 1.14 bits per heavy atom. The van der Waals surface area contributed by atoms with Gasteiger partial charge in [0.05, 0.1) is 33.8 Å². The molecule has 0 aliphatic carbocycles. The Kier molecular flexibility index (Phi) is 6.48. The molecule has 184 valence electrons. The van der Waals surface area contributed by atoms with Crippen molar-refractivity contribution in [2.24, 2.45) is 0 Å². The van der Waals surface area contributed by atoms with E-state index in [4.69, 9.17) is 4.98 Å². The summed E-state index contributed by atoms with van der Waals surface area (Å²) in [5.41, 5.74) is 4.41. The van der Waals surface area contributed by atoms with E-state index in [2.05, 4.69) is 9.97 Å². The molecule has 0 bridgehead atoms. The molecular weight excluding hydrogens is 464 g/mol. The maximum atomic E-state index is 13.3. The quantitative estimate of drug-likeness (QED) is 0.399. The smallest absolute Gasteiger partial charge is 0.259 e. The van der Waals surface area contributed by atoms with Crippen LogP contribution in [-0.2, 0) is 9.84 Å². The molecule has 1 aliphatic rings. The minimum absolute atomic E-state index is 0. The Morgan fingerprint density at radius 3 is 2.54 bits per heavy atom. The molecule has 5 rings (SSSR count). The number of hydrogen-bond donors (Lipinski definition) is 2. The molecule has 2 aromatic carbocycles. The Morgan fingerprint density at radius 2 is 1.86 bits per heavy atom. The maximum Gasteiger partial charge on any atom is 0.259 e. The summed E-state index contributed by atoms with van der Waals surface area (Å²) in [5.74, 6) is -0.148. The molecule has 35 heavy (non-hydrogen) atoms. The minimum atomic E-state index is -3.37. The summed E-state index contributed by atoms with van der Waals surface area (Å²) in [6, 6.07) is 13.7. The van der Waals surface area contributed by atoms with Gasteiger partial charge in [0.15, 0.2) is 15.5 Å². The zero-order valence-electron chi connectivity index (χ0n) is 18.8. The highest BCUT2D eigenvalue weighted by atomic mass is 32.2. The molecule has 0 fully saturated rings. The molecule has 1 amide bonds. The molecule has 0 radical (unpaired) electrons. The summed E-state index contributed by atoms with van der Waals surface area (Å²) in [4.78, 5) is 27.5. The van der Waals surface area contributed by atoms with Crippen LogP contribution in [0.3, 0.4) is 0 Å². The van der Waals surface area contributed by atoms with Crippen LogP contribution >= 0.6 is 0 Å². The Balaban J connectivity index is 0.00000180. The fraction of sp³-hybridized carbons (Fsp3) is 0.269. The molecule has 0 spiro atoms. The van der Waals surface area contributed by atoms with E-state index in [-0.39, 0.29) is 32.3 Å². The number of nitrogens with one attached hydrogen (secondary N) is 1. The Bertz CT molecular complexity index is 1500. The van der Waals surface area contributed by atoms with Crippen LogP contribution in [0.15, 0.2) is 65.8 Å². The zero-order valence-corrected chi connectivity index (χ0v) is 19.6. The van der Waals surface area contributed by atoms with Crippen LogP contribution < -0.4 is 4.90 Å². The average Bonchev–Trinajstić information content (AvgIpc) is 3.37. The Hall–Kier alpha value is -3.56. The van der Waals surface area contributed by atoms with Gasteiger partial charge in [-0.3, -0.25) is 9.69 Å². The summed E-state index contributed by atoms with van der Waals surface area (Å²) >= 11 is 0. The molecule has 2 aromatic heterocycles. The van der Waals surface area contributed by atoms with Crippen molar-refractivity contribution in [3.05, 3.63) is 72.1 Å². The molecule has 4 aromatic rings. The summed E-state index contributed by atoms with van der Waals surface area (Å²) in [7, 11) is -3.37. The van der Waals surface area contributed by atoms with Crippen molar-refractivity contribution in [1.82, 2.24) is 15.0 Å². The molecule has 8 nitrogen and oxygen atoms in total. The van der Waals surface area contributed by atoms with Crippen molar-refractivity contribution in [3.63, 3.8) is 0 Å². The third-order valence-electron chi connectivity index (χ3n) is 6.20. The van der Waals surface area contributed by atoms with Crippen molar-refractivity contribution >= 4 is 32.6 Å². The van der Waals surface area contributed by atoms with Gasteiger partial charge >= 0.3 is 0 Å². The third kappa shape index (κ3) is 4.00. The minimum Gasteiger partial charge on any atom is -0.396 e. The standard InChI is InChI=1S/C25H24N4O4S.CH4.H2/c1-15(2)34(32,33)17-9-7-16(8-10-17)20-13-26-24-23(28-20)22(14-27-24)29-21(11-12-30)18-5-3-4-6-19(18)25(29)31;;/h3-10,13-15,21,30H,11-12H2,1-2H3,(H,26,27);1H4;1H. The van der Waals surface area contributed by atoms with Crippen LogP contribution in [0.1, 0.15) is 51.1 Å². The summed E-state index contributed by atoms with van der Waals surface area (Å²) < 4.78 is 24.9. The number of aliphatic hydroxyl groups excluding tert-OH is 1. The number of aromatic nitrogens is 3. The normalized spacial score (nSPS) is 15.5. The van der Waals surface area contributed by atoms with Crippen molar-refractivity contribution < 1.29 is 19.7 Å². The summed E-state index contributed by atoms with van der Waals surface area (Å²) in [6.07, 6.45) is 3.72. The number of anilines is 1. The number of fused-ring (bicyclic) bond motifs is 2. The summed E-state index contributed by atoms with van der Waals surface area (Å²) in [6.45, 7) is 3.24. The van der Waals surface area contributed by atoms with E-state index in [1.54, 1.807) is 61.5 Å². The first-order valence-corrected chi connectivity index (χ1v) is 12.6. The third-order valence-corrected chi connectivity index (χ3v) is 8.37. The average molecular weight is 495 g/mol. The number of rotatable bonds is 6. The highest BCUT2D eigenvalue weighted by Gasteiger charge is 2.38. The number of hydrogen-bond acceptors (Lipinski definition) is 6. The highest BCUT2D eigenvalue weighted by Crippen LogP contribution is 2.41. The van der Waals surface area contributed by atoms with Crippen molar-refractivity contribution in [1.29, 1.82) is 0 Å². The van der Waals surface area contributed by atoms with Crippen LogP contribution in [0.2, 0.25) is 0 Å². The number of nitrogens with zero attached hydrogens (tertiary/aromatic N) is 3. The van der Waals surface area contributed by atoms with Gasteiger partial charge in [0, 0.05) is 25.4 Å². The van der Waals surface area contributed by atoms with E-state index in [1.807, 2.05) is 18.2 Å². The molecule has 1 aliphatic heterocycles. The second kappa shape index (κ2) is 9.24. The van der Waals surface area contributed by atoms with E-state index < -0.39 is 15.1 Å². The van der Waals surface area contributed by atoms with Gasteiger partial charge in [-0.25, -0.2) is 18.4 Å². The van der Waals surface area contributed by atoms with Gasteiger partial charge in [-0.1, -0.05) is 37.8 Å². The van der Waals surface area contributed by atoms with Crippen LogP contribution in [0.25, 0.3) is 22.4 Å². The van der Waals surface area contributed by atoms with Gasteiger partial charge in [0.25, 0.3) is 5.91 Å². The van der Waals surface area contributed by atoms with E-state index in [0.717, 1.165) is 5.56 Å². The highest BCUT2D eigenvalue weighted by molar-refractivity contribution is 7.92. The lowest BCUT2D eigenvalue weighted by atomic mass is 10.0.